The third kappa shape index (κ3) is 5.31. The Hall–Kier alpha value is -1.62. The standard InChI is InChI=1S/C12H16FNO3/c1-14(2)7-8-16-12(15)9-17-11-6-4-3-5-10(11)13/h3-6H,7-9H2,1-2H3. The van der Waals surface area contributed by atoms with E-state index in [9.17, 15) is 9.18 Å². The summed E-state index contributed by atoms with van der Waals surface area (Å²) in [5, 5.41) is 0. The van der Waals surface area contributed by atoms with E-state index in [0.717, 1.165) is 0 Å². The van der Waals surface area contributed by atoms with Crippen LogP contribution in [0.1, 0.15) is 0 Å². The van der Waals surface area contributed by atoms with Crippen LogP contribution in [0.25, 0.3) is 0 Å². The molecule has 4 nitrogen and oxygen atoms in total. The predicted octanol–water partition coefficient (Wildman–Crippen LogP) is 1.31. The second kappa shape index (κ2) is 6.85. The first-order valence-corrected chi connectivity index (χ1v) is 5.27. The zero-order valence-electron chi connectivity index (χ0n) is 9.98. The lowest BCUT2D eigenvalue weighted by Crippen LogP contribution is -2.22. The lowest BCUT2D eigenvalue weighted by atomic mass is 10.3. The molecule has 0 heterocycles. The van der Waals surface area contributed by atoms with Gasteiger partial charge in [-0.25, -0.2) is 9.18 Å². The number of ether oxygens (including phenoxy) is 2. The second-order valence-electron chi connectivity index (χ2n) is 3.74. The summed E-state index contributed by atoms with van der Waals surface area (Å²) in [7, 11) is 3.76. The third-order valence-electron chi connectivity index (χ3n) is 1.98. The molecule has 0 unspecified atom stereocenters. The molecule has 5 heteroatoms. The molecule has 1 rings (SSSR count). The molecule has 1 aromatic rings. The van der Waals surface area contributed by atoms with Crippen LogP contribution in [0.15, 0.2) is 24.3 Å². The number of rotatable bonds is 6. The maximum Gasteiger partial charge on any atom is 0.344 e. The third-order valence-corrected chi connectivity index (χ3v) is 1.98. The molecule has 0 aliphatic rings. The number of para-hydroxylation sites is 1. The highest BCUT2D eigenvalue weighted by Crippen LogP contribution is 2.14. The van der Waals surface area contributed by atoms with E-state index < -0.39 is 11.8 Å². The fourth-order valence-corrected chi connectivity index (χ4v) is 1.08. The first kappa shape index (κ1) is 13.4. The van der Waals surface area contributed by atoms with E-state index in [1.165, 1.54) is 12.1 Å². The van der Waals surface area contributed by atoms with Crippen molar-refractivity contribution < 1.29 is 18.7 Å². The highest BCUT2D eigenvalue weighted by molar-refractivity contribution is 5.71. The normalized spacial score (nSPS) is 10.4. The molecule has 0 saturated carbocycles. The molecule has 0 amide bonds. The van der Waals surface area contributed by atoms with Crippen molar-refractivity contribution in [1.82, 2.24) is 4.90 Å². The second-order valence-corrected chi connectivity index (χ2v) is 3.74. The number of halogens is 1. The van der Waals surface area contributed by atoms with Crippen molar-refractivity contribution in [3.8, 4) is 5.75 Å². The van der Waals surface area contributed by atoms with Gasteiger partial charge in [-0.05, 0) is 26.2 Å². The van der Waals surface area contributed by atoms with E-state index in [0.29, 0.717) is 13.2 Å². The van der Waals surface area contributed by atoms with E-state index >= 15 is 0 Å². The molecule has 0 N–H and O–H groups in total. The fraction of sp³-hybridized carbons (Fsp3) is 0.417. The van der Waals surface area contributed by atoms with Gasteiger partial charge in [-0.15, -0.1) is 0 Å². The molecule has 94 valence electrons. The van der Waals surface area contributed by atoms with Crippen molar-refractivity contribution in [2.24, 2.45) is 0 Å². The first-order chi connectivity index (χ1) is 8.09. The zero-order valence-corrected chi connectivity index (χ0v) is 9.98. The SMILES string of the molecule is CN(C)CCOC(=O)COc1ccccc1F. The van der Waals surface area contributed by atoms with E-state index in [1.54, 1.807) is 12.1 Å². The summed E-state index contributed by atoms with van der Waals surface area (Å²) < 4.78 is 23.0. The molecule has 0 aromatic heterocycles. The molecule has 0 fully saturated rings. The molecule has 0 saturated heterocycles. The van der Waals surface area contributed by atoms with E-state index in [-0.39, 0.29) is 12.4 Å². The molecule has 0 aliphatic heterocycles. The van der Waals surface area contributed by atoms with Crippen LogP contribution in [0.4, 0.5) is 4.39 Å². The number of esters is 1. The minimum atomic E-state index is -0.505. The topological polar surface area (TPSA) is 38.8 Å². The van der Waals surface area contributed by atoms with Crippen molar-refractivity contribution in [1.29, 1.82) is 0 Å². The largest absolute Gasteiger partial charge is 0.479 e. The number of hydrogen-bond donors (Lipinski definition) is 0. The van der Waals surface area contributed by atoms with Crippen LogP contribution in [-0.4, -0.2) is 44.7 Å². The van der Waals surface area contributed by atoms with Crippen LogP contribution in [0.5, 0.6) is 5.75 Å². The van der Waals surface area contributed by atoms with Crippen LogP contribution in [0, 0.1) is 5.82 Å². The summed E-state index contributed by atoms with van der Waals surface area (Å²) in [5.41, 5.74) is 0. The van der Waals surface area contributed by atoms with Crippen molar-refractivity contribution in [3.63, 3.8) is 0 Å². The Labute approximate surface area is 99.9 Å². The summed E-state index contributed by atoms with van der Waals surface area (Å²) in [6.45, 7) is 0.659. The van der Waals surface area contributed by atoms with E-state index in [4.69, 9.17) is 9.47 Å². The van der Waals surface area contributed by atoms with Crippen LogP contribution >= 0.6 is 0 Å². The maximum atomic E-state index is 13.1. The van der Waals surface area contributed by atoms with Crippen LogP contribution < -0.4 is 4.74 Å². The summed E-state index contributed by atoms with van der Waals surface area (Å²) in [5.74, 6) is -0.944. The van der Waals surface area contributed by atoms with Gasteiger partial charge in [0.15, 0.2) is 18.2 Å². The average Bonchev–Trinajstić information content (AvgIpc) is 2.27. The monoisotopic (exact) mass is 241 g/mol. The number of carbonyl (C=O) groups is 1. The van der Waals surface area contributed by atoms with Gasteiger partial charge >= 0.3 is 5.97 Å². The minimum Gasteiger partial charge on any atom is -0.479 e. The Kier molecular flexibility index (Phi) is 5.42. The minimum absolute atomic E-state index is 0.0528. The van der Waals surface area contributed by atoms with Crippen molar-refractivity contribution in [3.05, 3.63) is 30.1 Å². The van der Waals surface area contributed by atoms with Gasteiger partial charge < -0.3 is 14.4 Å². The molecule has 0 atom stereocenters. The molecule has 17 heavy (non-hydrogen) atoms. The van der Waals surface area contributed by atoms with Gasteiger partial charge in [0.05, 0.1) is 0 Å². The Morgan fingerprint density at radius 2 is 2.06 bits per heavy atom. The number of carbonyl (C=O) groups excluding carboxylic acids is 1. The van der Waals surface area contributed by atoms with Gasteiger partial charge in [0.2, 0.25) is 0 Å². The molecule has 0 aliphatic carbocycles. The van der Waals surface area contributed by atoms with Gasteiger partial charge in [0, 0.05) is 6.54 Å². The van der Waals surface area contributed by atoms with E-state index in [2.05, 4.69) is 0 Å². The predicted molar refractivity (Wildman–Crippen MR) is 61.4 cm³/mol. The highest BCUT2D eigenvalue weighted by atomic mass is 19.1. The number of nitrogens with zero attached hydrogens (tertiary/aromatic N) is 1. The number of hydrogen-bond acceptors (Lipinski definition) is 4. The van der Waals surface area contributed by atoms with Gasteiger partial charge in [-0.1, -0.05) is 12.1 Å². The lowest BCUT2D eigenvalue weighted by Gasteiger charge is -2.10. The first-order valence-electron chi connectivity index (χ1n) is 5.27. The zero-order chi connectivity index (χ0) is 12.7. The van der Waals surface area contributed by atoms with Crippen LogP contribution in [0.2, 0.25) is 0 Å². The molecule has 0 spiro atoms. The van der Waals surface area contributed by atoms with Gasteiger partial charge in [-0.3, -0.25) is 0 Å². The summed E-state index contributed by atoms with van der Waals surface area (Å²) in [6.07, 6.45) is 0. The average molecular weight is 241 g/mol. The quantitative estimate of drug-likeness (QED) is 0.704. The molecule has 1 aromatic carbocycles. The van der Waals surface area contributed by atoms with Crippen molar-refractivity contribution in [2.45, 2.75) is 0 Å². The fourth-order valence-electron chi connectivity index (χ4n) is 1.08. The van der Waals surface area contributed by atoms with Gasteiger partial charge in [0.1, 0.15) is 6.61 Å². The van der Waals surface area contributed by atoms with Gasteiger partial charge in [0.25, 0.3) is 0 Å². The highest BCUT2D eigenvalue weighted by Gasteiger charge is 2.07. The van der Waals surface area contributed by atoms with E-state index in [1.807, 2.05) is 19.0 Å². The summed E-state index contributed by atoms with van der Waals surface area (Å²) in [6, 6.07) is 5.92. The Morgan fingerprint density at radius 3 is 2.71 bits per heavy atom. The Bertz CT molecular complexity index is 369. The lowest BCUT2D eigenvalue weighted by molar-refractivity contribution is -0.146. The number of likely N-dealkylation sites (N-methyl/N-ethyl adjacent to an activating group) is 1. The molecule has 0 radical (unpaired) electrons. The van der Waals surface area contributed by atoms with Crippen molar-refractivity contribution in [2.75, 3.05) is 33.9 Å². The maximum absolute atomic E-state index is 13.1. The smallest absolute Gasteiger partial charge is 0.344 e. The molecule has 0 bridgehead atoms. The number of benzene rings is 1. The molecular formula is C12H16FNO3. The summed E-state index contributed by atoms with van der Waals surface area (Å²) >= 11 is 0. The van der Waals surface area contributed by atoms with Crippen LogP contribution in [-0.2, 0) is 9.53 Å². The van der Waals surface area contributed by atoms with Crippen LogP contribution in [0.3, 0.4) is 0 Å². The molecular weight excluding hydrogens is 225 g/mol. The summed E-state index contributed by atoms with van der Waals surface area (Å²) in [4.78, 5) is 13.1. The Balaban J connectivity index is 2.26. The van der Waals surface area contributed by atoms with Crippen molar-refractivity contribution >= 4 is 5.97 Å². The van der Waals surface area contributed by atoms with Gasteiger partial charge in [-0.2, -0.15) is 0 Å². The Morgan fingerprint density at radius 1 is 1.35 bits per heavy atom.